The lowest BCUT2D eigenvalue weighted by atomic mass is 10.3. The zero-order valence-corrected chi connectivity index (χ0v) is 15.5. The van der Waals surface area contributed by atoms with Crippen molar-refractivity contribution in [1.82, 2.24) is 14.7 Å². The SMILES string of the molecule is Cc1cccn2c(=O)cc(COC(=O)[C@H](C)NC(=O)Nc3ccccc3)nc12. The first-order valence-electron chi connectivity index (χ1n) is 8.71. The van der Waals surface area contributed by atoms with E-state index in [0.29, 0.717) is 17.0 Å². The lowest BCUT2D eigenvalue weighted by molar-refractivity contribution is -0.146. The topological polar surface area (TPSA) is 102 Å². The van der Waals surface area contributed by atoms with Crippen molar-refractivity contribution in [2.24, 2.45) is 0 Å². The highest BCUT2D eigenvalue weighted by Gasteiger charge is 2.17. The molecular weight excluding hydrogens is 360 g/mol. The van der Waals surface area contributed by atoms with E-state index in [-0.39, 0.29) is 12.2 Å². The van der Waals surface area contributed by atoms with E-state index >= 15 is 0 Å². The van der Waals surface area contributed by atoms with Gasteiger partial charge >= 0.3 is 12.0 Å². The van der Waals surface area contributed by atoms with Gasteiger partial charge in [-0.15, -0.1) is 0 Å². The molecule has 0 radical (unpaired) electrons. The number of pyridine rings is 1. The van der Waals surface area contributed by atoms with Crippen molar-refractivity contribution in [3.8, 4) is 0 Å². The molecule has 2 aromatic heterocycles. The number of aromatic nitrogens is 2. The highest BCUT2D eigenvalue weighted by Crippen LogP contribution is 2.07. The monoisotopic (exact) mass is 380 g/mol. The van der Waals surface area contributed by atoms with Crippen LogP contribution < -0.4 is 16.2 Å². The quantitative estimate of drug-likeness (QED) is 0.661. The molecule has 8 nitrogen and oxygen atoms in total. The Kier molecular flexibility index (Phi) is 5.69. The predicted octanol–water partition coefficient (Wildman–Crippen LogP) is 2.26. The first-order valence-corrected chi connectivity index (χ1v) is 8.71. The van der Waals surface area contributed by atoms with Crippen LogP contribution in [0.25, 0.3) is 5.65 Å². The zero-order chi connectivity index (χ0) is 20.1. The first-order chi connectivity index (χ1) is 13.4. The van der Waals surface area contributed by atoms with E-state index in [1.807, 2.05) is 19.1 Å². The summed E-state index contributed by atoms with van der Waals surface area (Å²) < 4.78 is 6.62. The number of hydrogen-bond donors (Lipinski definition) is 2. The van der Waals surface area contributed by atoms with Crippen LogP contribution in [0.3, 0.4) is 0 Å². The van der Waals surface area contributed by atoms with Gasteiger partial charge in [0, 0.05) is 18.0 Å². The van der Waals surface area contributed by atoms with Crippen molar-refractivity contribution in [1.29, 1.82) is 0 Å². The number of nitrogens with one attached hydrogen (secondary N) is 2. The van der Waals surface area contributed by atoms with Crippen LogP contribution in [0.5, 0.6) is 0 Å². The summed E-state index contributed by atoms with van der Waals surface area (Å²) in [6.07, 6.45) is 1.63. The van der Waals surface area contributed by atoms with Crippen LogP contribution in [0.15, 0.2) is 59.5 Å². The molecule has 0 aliphatic carbocycles. The summed E-state index contributed by atoms with van der Waals surface area (Å²) in [7, 11) is 0. The zero-order valence-electron chi connectivity index (χ0n) is 15.5. The van der Waals surface area contributed by atoms with Crippen LogP contribution in [0.2, 0.25) is 0 Å². The third-order valence-electron chi connectivity index (χ3n) is 4.03. The fourth-order valence-corrected chi connectivity index (χ4v) is 2.60. The smallest absolute Gasteiger partial charge is 0.328 e. The van der Waals surface area contributed by atoms with Crippen LogP contribution in [0, 0.1) is 6.92 Å². The van der Waals surface area contributed by atoms with Gasteiger partial charge in [0.15, 0.2) is 0 Å². The number of anilines is 1. The highest BCUT2D eigenvalue weighted by atomic mass is 16.5. The lowest BCUT2D eigenvalue weighted by Gasteiger charge is -2.14. The molecule has 0 saturated heterocycles. The third-order valence-corrected chi connectivity index (χ3v) is 4.03. The van der Waals surface area contributed by atoms with Crippen LogP contribution in [-0.4, -0.2) is 27.4 Å². The number of amides is 2. The number of nitrogens with zero attached hydrogens (tertiary/aromatic N) is 2. The van der Waals surface area contributed by atoms with E-state index in [1.54, 1.807) is 36.5 Å². The Bertz CT molecular complexity index is 1060. The van der Waals surface area contributed by atoms with Gasteiger partial charge in [0.2, 0.25) is 0 Å². The summed E-state index contributed by atoms with van der Waals surface area (Å²) in [6.45, 7) is 3.19. The molecule has 1 aromatic carbocycles. The van der Waals surface area contributed by atoms with Crippen molar-refractivity contribution in [3.05, 3.63) is 76.3 Å². The highest BCUT2D eigenvalue weighted by molar-refractivity contribution is 5.92. The molecule has 0 aliphatic heterocycles. The van der Waals surface area contributed by atoms with Gasteiger partial charge in [-0.2, -0.15) is 0 Å². The lowest BCUT2D eigenvalue weighted by Crippen LogP contribution is -2.41. The normalized spacial score (nSPS) is 11.6. The Hall–Kier alpha value is -3.68. The molecule has 28 heavy (non-hydrogen) atoms. The number of carbonyl (C=O) groups is 2. The van der Waals surface area contributed by atoms with Gasteiger partial charge in [-0.05, 0) is 37.6 Å². The number of benzene rings is 1. The average molecular weight is 380 g/mol. The number of ether oxygens (including phenoxy) is 1. The third kappa shape index (κ3) is 4.53. The van der Waals surface area contributed by atoms with Crippen LogP contribution in [-0.2, 0) is 16.1 Å². The molecule has 1 atom stereocenters. The average Bonchev–Trinajstić information content (AvgIpc) is 2.67. The van der Waals surface area contributed by atoms with E-state index in [4.69, 9.17) is 4.74 Å². The Balaban J connectivity index is 1.59. The standard InChI is InChI=1S/C20H20N4O4/c1-13-7-6-10-24-17(25)11-16(22-18(13)24)12-28-19(26)14(2)21-20(27)23-15-8-4-3-5-9-15/h3-11,14H,12H2,1-2H3,(H2,21,23,27)/t14-/m0/s1. The molecule has 3 rings (SSSR count). The molecular formula is C20H20N4O4. The second-order valence-corrected chi connectivity index (χ2v) is 6.26. The minimum Gasteiger partial charge on any atom is -0.458 e. The number of hydrogen-bond acceptors (Lipinski definition) is 5. The van der Waals surface area contributed by atoms with Gasteiger partial charge in [-0.1, -0.05) is 24.3 Å². The van der Waals surface area contributed by atoms with Crippen molar-refractivity contribution in [2.45, 2.75) is 26.5 Å². The fourth-order valence-electron chi connectivity index (χ4n) is 2.60. The molecule has 0 unspecified atom stereocenters. The van der Waals surface area contributed by atoms with E-state index in [1.165, 1.54) is 17.4 Å². The maximum absolute atomic E-state index is 12.2. The van der Waals surface area contributed by atoms with E-state index in [2.05, 4.69) is 15.6 Å². The van der Waals surface area contributed by atoms with Crippen LogP contribution >= 0.6 is 0 Å². The molecule has 3 aromatic rings. The fraction of sp³-hybridized carbons (Fsp3) is 0.200. The largest absolute Gasteiger partial charge is 0.458 e. The van der Waals surface area contributed by atoms with Crippen LogP contribution in [0.4, 0.5) is 10.5 Å². The van der Waals surface area contributed by atoms with Crippen molar-refractivity contribution < 1.29 is 14.3 Å². The summed E-state index contributed by atoms with van der Waals surface area (Å²) in [4.78, 5) is 40.6. The van der Waals surface area contributed by atoms with Gasteiger partial charge in [-0.25, -0.2) is 14.6 Å². The van der Waals surface area contributed by atoms with Gasteiger partial charge in [0.05, 0.1) is 5.69 Å². The Morgan fingerprint density at radius 3 is 2.68 bits per heavy atom. The number of urea groups is 1. The second kappa shape index (κ2) is 8.34. The van der Waals surface area contributed by atoms with Crippen LogP contribution in [0.1, 0.15) is 18.2 Å². The van der Waals surface area contributed by atoms with Gasteiger partial charge in [0.1, 0.15) is 18.3 Å². The molecule has 0 saturated carbocycles. The predicted molar refractivity (Wildman–Crippen MR) is 104 cm³/mol. The number of aryl methyl sites for hydroxylation is 1. The summed E-state index contributed by atoms with van der Waals surface area (Å²) in [6, 6.07) is 12.4. The number of esters is 1. The molecule has 8 heteroatoms. The number of para-hydroxylation sites is 1. The van der Waals surface area contributed by atoms with Gasteiger partial charge < -0.3 is 15.4 Å². The molecule has 144 valence electrons. The minimum absolute atomic E-state index is 0.161. The van der Waals surface area contributed by atoms with Crippen molar-refractivity contribution in [3.63, 3.8) is 0 Å². The molecule has 0 bridgehead atoms. The number of fused-ring (bicyclic) bond motifs is 1. The molecule has 0 fully saturated rings. The Morgan fingerprint density at radius 2 is 1.93 bits per heavy atom. The van der Waals surface area contributed by atoms with E-state index in [9.17, 15) is 14.4 Å². The summed E-state index contributed by atoms with van der Waals surface area (Å²) >= 11 is 0. The Morgan fingerprint density at radius 1 is 1.18 bits per heavy atom. The maximum atomic E-state index is 12.2. The second-order valence-electron chi connectivity index (χ2n) is 6.26. The first kappa shape index (κ1) is 19.1. The maximum Gasteiger partial charge on any atom is 0.328 e. The Labute approximate surface area is 161 Å². The number of rotatable bonds is 5. The van der Waals surface area contributed by atoms with Crippen molar-refractivity contribution in [2.75, 3.05) is 5.32 Å². The van der Waals surface area contributed by atoms with E-state index < -0.39 is 18.0 Å². The summed E-state index contributed by atoms with van der Waals surface area (Å²) in [5.74, 6) is -0.630. The number of carbonyl (C=O) groups excluding carboxylic acids is 2. The van der Waals surface area contributed by atoms with E-state index in [0.717, 1.165) is 5.56 Å². The minimum atomic E-state index is -0.869. The van der Waals surface area contributed by atoms with Gasteiger partial charge in [-0.3, -0.25) is 9.20 Å². The molecule has 2 N–H and O–H groups in total. The molecule has 0 aliphatic rings. The molecule has 2 amide bonds. The molecule has 2 heterocycles. The summed E-state index contributed by atoms with van der Waals surface area (Å²) in [5.41, 5.74) is 2.04. The summed E-state index contributed by atoms with van der Waals surface area (Å²) in [5, 5.41) is 5.12. The molecule has 0 spiro atoms. The van der Waals surface area contributed by atoms with Gasteiger partial charge in [0.25, 0.3) is 5.56 Å². The van der Waals surface area contributed by atoms with Crippen molar-refractivity contribution >= 4 is 23.3 Å².